The molecule has 1 aromatic heterocycles. The van der Waals surface area contributed by atoms with Gasteiger partial charge in [0.15, 0.2) is 6.10 Å². The molecule has 3 heterocycles. The van der Waals surface area contributed by atoms with Gasteiger partial charge in [-0.15, -0.1) is 0 Å². The average Bonchev–Trinajstić information content (AvgIpc) is 3.37. The third-order valence-electron chi connectivity index (χ3n) is 5.03. The van der Waals surface area contributed by atoms with Crippen LogP contribution in [-0.4, -0.2) is 66.8 Å². The molecule has 9 heteroatoms. The summed E-state index contributed by atoms with van der Waals surface area (Å²) in [5.74, 6) is -0.0623. The number of carbonyl (C=O) groups is 1. The summed E-state index contributed by atoms with van der Waals surface area (Å²) in [5.41, 5.74) is 1.92. The Morgan fingerprint density at radius 1 is 1.34 bits per heavy atom. The Balaban J connectivity index is 1.40. The second-order valence-electron chi connectivity index (χ2n) is 6.93. The Bertz CT molecular complexity index is 886. The van der Waals surface area contributed by atoms with Crippen molar-refractivity contribution in [3.63, 3.8) is 0 Å². The summed E-state index contributed by atoms with van der Waals surface area (Å²) in [5, 5.41) is 12.7. The van der Waals surface area contributed by atoms with E-state index in [1.165, 1.54) is 17.2 Å². The van der Waals surface area contributed by atoms with Crippen LogP contribution in [0.4, 0.5) is 14.9 Å². The van der Waals surface area contributed by atoms with Crippen LogP contribution in [0.3, 0.4) is 0 Å². The molecule has 1 aromatic carbocycles. The van der Waals surface area contributed by atoms with Crippen molar-refractivity contribution in [2.24, 2.45) is 0 Å². The van der Waals surface area contributed by atoms with Gasteiger partial charge in [0.1, 0.15) is 18.7 Å². The molecule has 2 aliphatic heterocycles. The fraction of sp³-hybridized carbons (Fsp3) is 0.400. The molecule has 1 atom stereocenters. The number of aliphatic hydroxyl groups excluding tert-OH is 1. The first-order valence-corrected chi connectivity index (χ1v) is 9.47. The second-order valence-corrected chi connectivity index (χ2v) is 6.93. The van der Waals surface area contributed by atoms with Crippen molar-refractivity contribution in [1.29, 1.82) is 0 Å². The lowest BCUT2D eigenvalue weighted by atomic mass is 9.98. The number of aliphatic hydroxyl groups is 1. The van der Waals surface area contributed by atoms with E-state index >= 15 is 0 Å². The lowest BCUT2D eigenvalue weighted by molar-refractivity contribution is 0.102. The van der Waals surface area contributed by atoms with E-state index in [0.717, 1.165) is 12.1 Å². The first-order chi connectivity index (χ1) is 14.1. The molecule has 0 spiro atoms. The van der Waals surface area contributed by atoms with E-state index in [-0.39, 0.29) is 25.6 Å². The topological polar surface area (TPSA) is 88.3 Å². The molecule has 2 aliphatic rings. The highest BCUT2D eigenvalue weighted by molar-refractivity contribution is 5.90. The second kappa shape index (κ2) is 8.62. The molecule has 1 amide bonds. The number of rotatable bonds is 7. The van der Waals surface area contributed by atoms with Crippen molar-refractivity contribution in [3.8, 4) is 5.88 Å². The zero-order valence-electron chi connectivity index (χ0n) is 15.8. The average molecular weight is 403 g/mol. The molecule has 1 N–H and O–H groups in total. The third-order valence-corrected chi connectivity index (χ3v) is 5.03. The Hall–Kier alpha value is -2.91. The quantitative estimate of drug-likeness (QED) is 0.759. The van der Waals surface area contributed by atoms with Crippen LogP contribution >= 0.6 is 0 Å². The zero-order chi connectivity index (χ0) is 20.2. The summed E-state index contributed by atoms with van der Waals surface area (Å²) in [6.45, 7) is 2.58. The monoisotopic (exact) mass is 403 g/mol. The van der Waals surface area contributed by atoms with E-state index in [1.807, 2.05) is 6.08 Å². The van der Waals surface area contributed by atoms with Gasteiger partial charge < -0.3 is 19.1 Å². The SMILES string of the molecule is O=C1O[C@@H](COc2ccon2)CN1c1ccc(C2=CCN(CCO)CC2)c(F)c1. The minimum atomic E-state index is -0.539. The molecule has 29 heavy (non-hydrogen) atoms. The zero-order valence-corrected chi connectivity index (χ0v) is 15.8. The molecule has 1 saturated heterocycles. The predicted octanol–water partition coefficient (Wildman–Crippen LogP) is 2.30. The van der Waals surface area contributed by atoms with Crippen LogP contribution in [0, 0.1) is 5.82 Å². The molecule has 1 fully saturated rings. The van der Waals surface area contributed by atoms with Gasteiger partial charge in [0.05, 0.1) is 18.8 Å². The van der Waals surface area contributed by atoms with Crippen molar-refractivity contribution in [1.82, 2.24) is 10.1 Å². The van der Waals surface area contributed by atoms with Gasteiger partial charge in [-0.25, -0.2) is 9.18 Å². The number of hydrogen-bond donors (Lipinski definition) is 1. The number of anilines is 1. The Morgan fingerprint density at radius 2 is 2.24 bits per heavy atom. The summed E-state index contributed by atoms with van der Waals surface area (Å²) < 4.78 is 30.1. The molecule has 4 rings (SSSR count). The molecule has 2 aromatic rings. The van der Waals surface area contributed by atoms with Crippen molar-refractivity contribution >= 4 is 17.4 Å². The number of halogens is 1. The van der Waals surface area contributed by atoms with Crippen LogP contribution in [0.5, 0.6) is 5.88 Å². The Kier molecular flexibility index (Phi) is 5.77. The van der Waals surface area contributed by atoms with Gasteiger partial charge in [0, 0.05) is 31.3 Å². The smallest absolute Gasteiger partial charge is 0.414 e. The first-order valence-electron chi connectivity index (χ1n) is 9.47. The maximum atomic E-state index is 14.8. The number of ether oxygens (including phenoxy) is 2. The van der Waals surface area contributed by atoms with E-state index in [1.54, 1.807) is 18.2 Å². The van der Waals surface area contributed by atoms with E-state index in [4.69, 9.17) is 14.6 Å². The van der Waals surface area contributed by atoms with E-state index in [9.17, 15) is 9.18 Å². The van der Waals surface area contributed by atoms with Crippen LogP contribution in [0.15, 0.2) is 41.1 Å². The van der Waals surface area contributed by atoms with Crippen molar-refractivity contribution < 1.29 is 28.3 Å². The van der Waals surface area contributed by atoms with Gasteiger partial charge in [-0.1, -0.05) is 6.08 Å². The largest absolute Gasteiger partial charge is 0.471 e. The third kappa shape index (κ3) is 4.41. The van der Waals surface area contributed by atoms with E-state index in [2.05, 4.69) is 14.6 Å². The summed E-state index contributed by atoms with van der Waals surface area (Å²) >= 11 is 0. The van der Waals surface area contributed by atoms with E-state index < -0.39 is 12.2 Å². The number of cyclic esters (lactones) is 1. The minimum Gasteiger partial charge on any atom is -0.471 e. The molecular formula is C20H22FN3O5. The summed E-state index contributed by atoms with van der Waals surface area (Å²) in [4.78, 5) is 15.7. The van der Waals surface area contributed by atoms with Crippen molar-refractivity contribution in [3.05, 3.63) is 48.0 Å². The molecule has 154 valence electrons. The van der Waals surface area contributed by atoms with Crippen LogP contribution in [0.1, 0.15) is 12.0 Å². The number of amides is 1. The molecule has 0 bridgehead atoms. The first kappa shape index (κ1) is 19.4. The summed E-state index contributed by atoms with van der Waals surface area (Å²) in [6, 6.07) is 6.34. The highest BCUT2D eigenvalue weighted by Gasteiger charge is 2.33. The molecule has 0 unspecified atom stereocenters. The Morgan fingerprint density at radius 3 is 2.93 bits per heavy atom. The number of nitrogens with zero attached hydrogens (tertiary/aromatic N) is 3. The van der Waals surface area contributed by atoms with Crippen molar-refractivity contribution in [2.75, 3.05) is 44.3 Å². The molecule has 0 aliphatic carbocycles. The standard InChI is InChI=1S/C20H22FN3O5/c21-18-11-15(1-2-17(18)14-3-6-23(7-4-14)8-9-25)24-12-16(29-20(24)26)13-27-19-5-10-28-22-19/h1-3,5,10-11,16,25H,4,6-9,12-13H2/t16-/m1/s1. The number of β-amino-alcohol motifs (C(OH)–C–C–N with tert-alkyl or cyclic N) is 1. The fourth-order valence-electron chi connectivity index (χ4n) is 3.51. The van der Waals surface area contributed by atoms with E-state index in [0.29, 0.717) is 36.6 Å². The van der Waals surface area contributed by atoms with Gasteiger partial charge in [-0.05, 0) is 35.3 Å². The highest BCUT2D eigenvalue weighted by Crippen LogP contribution is 2.29. The predicted molar refractivity (Wildman–Crippen MR) is 102 cm³/mol. The lowest BCUT2D eigenvalue weighted by Gasteiger charge is -2.26. The summed E-state index contributed by atoms with van der Waals surface area (Å²) in [7, 11) is 0. The van der Waals surface area contributed by atoms with Gasteiger partial charge >= 0.3 is 6.09 Å². The van der Waals surface area contributed by atoms with Crippen molar-refractivity contribution in [2.45, 2.75) is 12.5 Å². The highest BCUT2D eigenvalue weighted by atomic mass is 19.1. The molecular weight excluding hydrogens is 381 g/mol. The number of hydrogen-bond acceptors (Lipinski definition) is 7. The molecule has 8 nitrogen and oxygen atoms in total. The van der Waals surface area contributed by atoms with Crippen LogP contribution in [-0.2, 0) is 4.74 Å². The summed E-state index contributed by atoms with van der Waals surface area (Å²) in [6.07, 6.45) is 3.06. The minimum absolute atomic E-state index is 0.114. The van der Waals surface area contributed by atoms with Gasteiger partial charge in [-0.2, -0.15) is 0 Å². The number of aromatic nitrogens is 1. The van der Waals surface area contributed by atoms with Gasteiger partial charge in [-0.3, -0.25) is 9.80 Å². The van der Waals surface area contributed by atoms with Crippen LogP contribution in [0.2, 0.25) is 0 Å². The maximum absolute atomic E-state index is 14.8. The van der Waals surface area contributed by atoms with Gasteiger partial charge in [0.25, 0.3) is 5.88 Å². The fourth-order valence-corrected chi connectivity index (χ4v) is 3.51. The van der Waals surface area contributed by atoms with Crippen LogP contribution in [0.25, 0.3) is 5.57 Å². The van der Waals surface area contributed by atoms with Crippen LogP contribution < -0.4 is 9.64 Å². The van der Waals surface area contributed by atoms with Gasteiger partial charge in [0.2, 0.25) is 0 Å². The number of carbonyl (C=O) groups excluding carboxylic acids is 1. The molecule has 0 radical (unpaired) electrons. The maximum Gasteiger partial charge on any atom is 0.414 e. The Labute approximate surface area is 167 Å². The molecule has 0 saturated carbocycles. The lowest BCUT2D eigenvalue weighted by Crippen LogP contribution is -2.31. The normalized spacial score (nSPS) is 19.9. The number of benzene rings is 1.